The molecule has 48 heavy (non-hydrogen) atoms. The van der Waals surface area contributed by atoms with Crippen LogP contribution in [0.25, 0.3) is 11.2 Å². The fourth-order valence-corrected chi connectivity index (χ4v) is 6.63. The molecule has 0 radical (unpaired) electrons. The van der Waals surface area contributed by atoms with E-state index in [9.17, 15) is 19.1 Å². The van der Waals surface area contributed by atoms with Gasteiger partial charge in [-0.25, -0.2) is 9.78 Å². The van der Waals surface area contributed by atoms with Gasteiger partial charge in [0.15, 0.2) is 28.7 Å². The van der Waals surface area contributed by atoms with Crippen LogP contribution in [0, 0.1) is 18.4 Å². The molecule has 5 rings (SSSR count). The number of terminal acetylenes is 1. The molecular weight excluding hydrogens is 617 g/mol. The number of halogens is 1. The van der Waals surface area contributed by atoms with Gasteiger partial charge in [0.2, 0.25) is 5.60 Å². The lowest BCUT2D eigenvalue weighted by molar-refractivity contribution is -0.145. The van der Waals surface area contributed by atoms with Gasteiger partial charge in [0.25, 0.3) is 0 Å². The summed E-state index contributed by atoms with van der Waals surface area (Å²) in [4.78, 5) is 37.1. The first-order valence-electron chi connectivity index (χ1n) is 17.2. The first kappa shape index (κ1) is 35.2. The van der Waals surface area contributed by atoms with Crippen LogP contribution in [0.4, 0.5) is 10.2 Å². The third-order valence-corrected chi connectivity index (χ3v) is 9.45. The Kier molecular flexibility index (Phi) is 11.7. The molecule has 1 aliphatic heterocycles. The second-order valence-corrected chi connectivity index (χ2v) is 12.9. The lowest BCUT2D eigenvalue weighted by atomic mass is 10.0. The zero-order chi connectivity index (χ0) is 34.1. The average molecular weight is 664 g/mol. The van der Waals surface area contributed by atoms with Gasteiger partial charge in [0, 0.05) is 18.4 Å². The van der Waals surface area contributed by atoms with Crippen molar-refractivity contribution in [3.63, 3.8) is 0 Å². The summed E-state index contributed by atoms with van der Waals surface area (Å²) in [6.07, 6.45) is 20.2. The first-order chi connectivity index (χ1) is 23.2. The van der Waals surface area contributed by atoms with E-state index in [0.29, 0.717) is 12.0 Å². The maximum Gasteiger partial charge on any atom is 0.339 e. The smallest absolute Gasteiger partial charge is 0.339 e. The van der Waals surface area contributed by atoms with Gasteiger partial charge in [0.1, 0.15) is 12.8 Å². The number of benzene rings is 1. The number of esters is 2. The maximum atomic E-state index is 13.9. The third-order valence-electron chi connectivity index (χ3n) is 9.45. The van der Waals surface area contributed by atoms with Crippen molar-refractivity contribution < 1.29 is 33.3 Å². The van der Waals surface area contributed by atoms with Crippen LogP contribution >= 0.6 is 0 Å². The summed E-state index contributed by atoms with van der Waals surface area (Å²) in [5, 5.41) is 11.4. The van der Waals surface area contributed by atoms with Crippen LogP contribution in [0.5, 0.6) is 0 Å². The highest BCUT2D eigenvalue weighted by atomic mass is 19.1. The van der Waals surface area contributed by atoms with Crippen molar-refractivity contribution in [2.45, 2.75) is 133 Å². The minimum Gasteiger partial charge on any atom is -0.461 e. The van der Waals surface area contributed by atoms with Crippen LogP contribution in [0.2, 0.25) is 0 Å². The van der Waals surface area contributed by atoms with Gasteiger partial charge in [-0.15, -0.1) is 6.42 Å². The molecule has 2 aromatic heterocycles. The highest BCUT2D eigenvalue weighted by molar-refractivity contribution is 5.91. The minimum absolute atomic E-state index is 0.0770. The number of nitrogens with zero attached hydrogens (tertiary/aromatic N) is 4. The molecule has 1 unspecified atom stereocenters. The summed E-state index contributed by atoms with van der Waals surface area (Å²) >= 11 is 0. The second kappa shape index (κ2) is 15.9. The topological polar surface area (TPSA) is 152 Å². The van der Waals surface area contributed by atoms with Crippen LogP contribution in [0.15, 0.2) is 30.6 Å². The van der Waals surface area contributed by atoms with Gasteiger partial charge in [0.05, 0.1) is 11.9 Å². The highest BCUT2D eigenvalue weighted by Crippen LogP contribution is 2.64. The number of nitrogen functional groups attached to an aromatic ring is 1. The lowest BCUT2D eigenvalue weighted by Crippen LogP contribution is -2.25. The summed E-state index contributed by atoms with van der Waals surface area (Å²) in [6, 6.07) is 6.63. The summed E-state index contributed by atoms with van der Waals surface area (Å²) in [7, 11) is 0. The van der Waals surface area contributed by atoms with Crippen LogP contribution in [-0.2, 0) is 25.6 Å². The van der Waals surface area contributed by atoms with Gasteiger partial charge >= 0.3 is 18.0 Å². The minimum atomic E-state index is -1.70. The van der Waals surface area contributed by atoms with E-state index in [0.717, 1.165) is 19.3 Å². The molecule has 1 aromatic carbocycles. The van der Waals surface area contributed by atoms with Crippen LogP contribution in [-0.4, -0.2) is 53.9 Å². The van der Waals surface area contributed by atoms with Crippen LogP contribution in [0.3, 0.4) is 0 Å². The van der Waals surface area contributed by atoms with Crippen molar-refractivity contribution in [2.75, 3.05) is 5.73 Å². The van der Waals surface area contributed by atoms with Crippen molar-refractivity contribution in [2.24, 2.45) is 0 Å². The number of carbonyl (C=O) groups is 2. The summed E-state index contributed by atoms with van der Waals surface area (Å²) in [5.74, 6) is 1.25. The van der Waals surface area contributed by atoms with E-state index >= 15 is 0 Å². The van der Waals surface area contributed by atoms with Gasteiger partial charge in [-0.05, 0) is 12.5 Å². The number of carbonyl (C=O) groups excluding carboxylic acids is 2. The van der Waals surface area contributed by atoms with Crippen LogP contribution in [0.1, 0.15) is 125 Å². The number of unbranched alkanes of at least 4 members (excludes halogenated alkanes) is 12. The molecule has 2 aliphatic rings. The Morgan fingerprint density at radius 3 is 2.35 bits per heavy atom. The van der Waals surface area contributed by atoms with Gasteiger partial charge < -0.3 is 25.1 Å². The van der Waals surface area contributed by atoms with Crippen molar-refractivity contribution in [1.29, 1.82) is 0 Å². The number of anilines is 1. The zero-order valence-corrected chi connectivity index (χ0v) is 27.7. The number of imidazole rings is 1. The van der Waals surface area contributed by atoms with E-state index in [4.69, 9.17) is 26.4 Å². The standard InChI is InChI=1S/C36H46FN5O6/c1-3-5-6-7-8-9-10-11-12-13-14-15-16-21-28(43)46-23-25-19-17-18-20-26(25)32(44)47-33-35(45)22-27(48-36(33,35)4-2)42-24-39-29-30(38)40-34(37)41-31(29)42/h2,17-20,24,27,33,45H,3,5-16,21-23H2,1H3,(H2,38,40,41)/t27-,33?,35-,36-/m1/s1. The Labute approximate surface area is 280 Å². The molecular formula is C36H46FN5O6. The Hall–Kier alpha value is -4.08. The van der Waals surface area contributed by atoms with E-state index in [-0.39, 0.29) is 41.5 Å². The Bertz CT molecular complexity index is 1620. The lowest BCUT2D eigenvalue weighted by Gasteiger charge is -2.20. The SMILES string of the molecule is C#C[C@]12O[C@@H](n3cnc4c(N)nc(F)nc43)C[C@@]1(O)C2OC(=O)c1ccccc1COC(=O)CCCCCCCCCCCCCCC. The predicted octanol–water partition coefficient (Wildman–Crippen LogP) is 6.33. The molecule has 1 saturated carbocycles. The molecule has 0 spiro atoms. The quantitative estimate of drug-likeness (QED) is 0.0644. The van der Waals surface area contributed by atoms with Gasteiger partial charge in [-0.1, -0.05) is 108 Å². The van der Waals surface area contributed by atoms with E-state index in [1.54, 1.807) is 24.3 Å². The van der Waals surface area contributed by atoms with Crippen molar-refractivity contribution in [3.05, 3.63) is 47.8 Å². The molecule has 1 aliphatic carbocycles. The number of hydrogen-bond donors (Lipinski definition) is 2. The maximum absolute atomic E-state index is 13.9. The van der Waals surface area contributed by atoms with Gasteiger partial charge in [-0.3, -0.25) is 9.36 Å². The van der Waals surface area contributed by atoms with Crippen LogP contribution < -0.4 is 5.73 Å². The molecule has 1 saturated heterocycles. The number of rotatable bonds is 19. The summed E-state index contributed by atoms with van der Waals surface area (Å²) in [5.41, 5.74) is 3.33. The average Bonchev–Trinajstić information content (AvgIpc) is 3.37. The Balaban J connectivity index is 1.04. The Morgan fingerprint density at radius 2 is 1.71 bits per heavy atom. The molecule has 4 atom stereocenters. The number of nitrogens with two attached hydrogens (primary N) is 1. The van der Waals surface area contributed by atoms with E-state index in [1.807, 2.05) is 0 Å². The fourth-order valence-electron chi connectivity index (χ4n) is 6.63. The first-order valence-corrected chi connectivity index (χ1v) is 17.2. The number of aliphatic hydroxyl groups is 1. The Morgan fingerprint density at radius 1 is 1.06 bits per heavy atom. The summed E-state index contributed by atoms with van der Waals surface area (Å²) < 4.78 is 32.4. The highest BCUT2D eigenvalue weighted by Gasteiger charge is 2.85. The van der Waals surface area contributed by atoms with Crippen molar-refractivity contribution in [1.82, 2.24) is 19.5 Å². The number of ether oxygens (including phenoxy) is 3. The molecule has 3 aromatic rings. The van der Waals surface area contributed by atoms with Crippen molar-refractivity contribution >= 4 is 28.9 Å². The number of fused-ring (bicyclic) bond motifs is 2. The molecule has 3 heterocycles. The van der Waals surface area contributed by atoms with E-state index < -0.39 is 35.6 Å². The van der Waals surface area contributed by atoms with Crippen molar-refractivity contribution in [3.8, 4) is 12.3 Å². The molecule has 0 amide bonds. The molecule has 3 N–H and O–H groups in total. The second-order valence-electron chi connectivity index (χ2n) is 12.9. The number of aromatic nitrogens is 4. The summed E-state index contributed by atoms with van der Waals surface area (Å²) in [6.45, 7) is 2.15. The van der Waals surface area contributed by atoms with E-state index in [2.05, 4.69) is 27.8 Å². The normalized spacial score (nSPS) is 22.7. The third kappa shape index (κ3) is 7.63. The molecule has 11 nitrogen and oxygen atoms in total. The molecule has 258 valence electrons. The van der Waals surface area contributed by atoms with E-state index in [1.165, 1.54) is 75.1 Å². The predicted molar refractivity (Wildman–Crippen MR) is 177 cm³/mol. The fraction of sp³-hybridized carbons (Fsp3) is 0.583. The zero-order valence-electron chi connectivity index (χ0n) is 27.7. The largest absolute Gasteiger partial charge is 0.461 e. The molecule has 0 bridgehead atoms. The monoisotopic (exact) mass is 663 g/mol. The molecule has 2 fully saturated rings. The molecule has 12 heteroatoms. The number of hydrogen-bond acceptors (Lipinski definition) is 10. The van der Waals surface area contributed by atoms with Gasteiger partial charge in [-0.2, -0.15) is 14.4 Å².